The molecule has 1 aliphatic heterocycles. The van der Waals surface area contributed by atoms with Gasteiger partial charge in [-0.2, -0.15) is 0 Å². The molecule has 18 heavy (non-hydrogen) atoms. The van der Waals surface area contributed by atoms with E-state index in [4.69, 9.17) is 4.74 Å². The average Bonchev–Trinajstić information content (AvgIpc) is 2.72. The van der Waals surface area contributed by atoms with E-state index in [1.165, 1.54) is 12.1 Å². The van der Waals surface area contributed by atoms with Crippen LogP contribution in [0, 0.1) is 11.7 Å². The molecule has 4 heteroatoms. The van der Waals surface area contributed by atoms with Crippen molar-refractivity contribution in [3.05, 3.63) is 29.6 Å². The summed E-state index contributed by atoms with van der Waals surface area (Å²) in [5.41, 5.74) is 0.994. The zero-order valence-electron chi connectivity index (χ0n) is 10.7. The summed E-state index contributed by atoms with van der Waals surface area (Å²) in [7, 11) is 0. The van der Waals surface area contributed by atoms with Crippen LogP contribution in [-0.4, -0.2) is 19.1 Å². The Morgan fingerprint density at radius 1 is 1.50 bits per heavy atom. The molecule has 1 N–H and O–H groups in total. The molecule has 2 rings (SSSR count). The van der Waals surface area contributed by atoms with Gasteiger partial charge >= 0.3 is 0 Å². The number of carbonyl (C=O) groups excluding carboxylic acids is 1. The van der Waals surface area contributed by atoms with Crippen molar-refractivity contribution in [2.24, 2.45) is 5.92 Å². The lowest BCUT2D eigenvalue weighted by atomic mass is 10.0. The summed E-state index contributed by atoms with van der Waals surface area (Å²) >= 11 is 0. The van der Waals surface area contributed by atoms with Crippen molar-refractivity contribution < 1.29 is 13.9 Å². The number of nitrogens with one attached hydrogen (secondary N) is 1. The highest BCUT2D eigenvalue weighted by atomic mass is 19.1. The van der Waals surface area contributed by atoms with Crippen molar-refractivity contribution in [2.75, 3.05) is 13.2 Å². The molecule has 1 atom stereocenters. The quantitative estimate of drug-likeness (QED) is 0.892. The van der Waals surface area contributed by atoms with E-state index in [-0.39, 0.29) is 23.6 Å². The summed E-state index contributed by atoms with van der Waals surface area (Å²) in [5.74, 6) is 0.816. The van der Waals surface area contributed by atoms with E-state index in [0.29, 0.717) is 25.3 Å². The molecule has 0 aliphatic carbocycles. The summed E-state index contributed by atoms with van der Waals surface area (Å²) in [6.45, 7) is 5.18. The minimum Gasteiger partial charge on any atom is -0.493 e. The predicted octanol–water partition coefficient (Wildman–Crippen LogP) is 2.46. The molecule has 0 saturated carbocycles. The minimum absolute atomic E-state index is 0.0620. The molecular formula is C14H18FNO2. The van der Waals surface area contributed by atoms with Gasteiger partial charge in [-0.15, -0.1) is 0 Å². The topological polar surface area (TPSA) is 38.3 Å². The van der Waals surface area contributed by atoms with Gasteiger partial charge in [-0.1, -0.05) is 19.9 Å². The fourth-order valence-corrected chi connectivity index (χ4v) is 2.10. The zero-order valence-corrected chi connectivity index (χ0v) is 10.7. The van der Waals surface area contributed by atoms with Crippen LogP contribution in [0.3, 0.4) is 0 Å². The van der Waals surface area contributed by atoms with Crippen LogP contribution in [-0.2, 0) is 4.79 Å². The summed E-state index contributed by atoms with van der Waals surface area (Å²) < 4.78 is 18.9. The van der Waals surface area contributed by atoms with Gasteiger partial charge in [0.05, 0.1) is 6.61 Å². The Bertz CT molecular complexity index is 445. The zero-order chi connectivity index (χ0) is 13.1. The number of amides is 1. The summed E-state index contributed by atoms with van der Waals surface area (Å²) in [5, 5.41) is 2.76. The molecule has 98 valence electrons. The van der Waals surface area contributed by atoms with Gasteiger partial charge in [-0.3, -0.25) is 4.79 Å². The molecule has 1 fully saturated rings. The van der Waals surface area contributed by atoms with E-state index in [0.717, 1.165) is 5.56 Å². The van der Waals surface area contributed by atoms with Gasteiger partial charge < -0.3 is 10.1 Å². The number of rotatable bonds is 4. The summed E-state index contributed by atoms with van der Waals surface area (Å²) in [4.78, 5) is 11.1. The van der Waals surface area contributed by atoms with Crippen molar-refractivity contribution in [1.29, 1.82) is 0 Å². The average molecular weight is 251 g/mol. The standard InChI is InChI=1S/C14H18FNO2/c1-9(2)12-4-3-11(15)6-13(12)18-8-10-5-14(17)16-7-10/h3-4,6,9-10H,5,7-8H2,1-2H3,(H,16,17). The van der Waals surface area contributed by atoms with E-state index >= 15 is 0 Å². The van der Waals surface area contributed by atoms with E-state index in [9.17, 15) is 9.18 Å². The van der Waals surface area contributed by atoms with Crippen molar-refractivity contribution in [3.63, 3.8) is 0 Å². The minimum atomic E-state index is -0.296. The lowest BCUT2D eigenvalue weighted by Gasteiger charge is -2.16. The van der Waals surface area contributed by atoms with Crippen LogP contribution in [0.25, 0.3) is 0 Å². The molecule has 1 heterocycles. The second-order valence-electron chi connectivity index (χ2n) is 5.02. The summed E-state index contributed by atoms with van der Waals surface area (Å²) in [6.07, 6.45) is 0.492. The maximum Gasteiger partial charge on any atom is 0.220 e. The molecule has 1 aliphatic rings. The van der Waals surface area contributed by atoms with Gasteiger partial charge in [-0.25, -0.2) is 4.39 Å². The van der Waals surface area contributed by atoms with Gasteiger partial charge in [0.1, 0.15) is 11.6 Å². The molecule has 0 aromatic heterocycles. The van der Waals surface area contributed by atoms with Crippen molar-refractivity contribution in [1.82, 2.24) is 5.32 Å². The molecule has 3 nitrogen and oxygen atoms in total. The van der Waals surface area contributed by atoms with Crippen molar-refractivity contribution in [3.8, 4) is 5.75 Å². The maximum absolute atomic E-state index is 13.2. The van der Waals surface area contributed by atoms with Crippen molar-refractivity contribution in [2.45, 2.75) is 26.2 Å². The maximum atomic E-state index is 13.2. The lowest BCUT2D eigenvalue weighted by molar-refractivity contribution is -0.119. The first-order valence-corrected chi connectivity index (χ1v) is 6.25. The SMILES string of the molecule is CC(C)c1ccc(F)cc1OCC1CNC(=O)C1. The molecule has 1 aromatic rings. The van der Waals surface area contributed by atoms with Gasteiger partial charge in [0.2, 0.25) is 5.91 Å². The number of carbonyl (C=O) groups is 1. The Morgan fingerprint density at radius 2 is 2.28 bits per heavy atom. The highest BCUT2D eigenvalue weighted by Crippen LogP contribution is 2.28. The molecule has 1 saturated heterocycles. The van der Waals surface area contributed by atoms with Crippen LogP contribution in [0.2, 0.25) is 0 Å². The van der Waals surface area contributed by atoms with E-state index < -0.39 is 0 Å². The molecule has 1 amide bonds. The molecule has 1 aromatic carbocycles. The fraction of sp³-hybridized carbons (Fsp3) is 0.500. The van der Waals surface area contributed by atoms with Crippen LogP contribution in [0.15, 0.2) is 18.2 Å². The van der Waals surface area contributed by atoms with Crippen molar-refractivity contribution >= 4 is 5.91 Å². The van der Waals surface area contributed by atoms with E-state index in [1.807, 2.05) is 13.8 Å². The Kier molecular flexibility index (Phi) is 3.84. The van der Waals surface area contributed by atoms with Gasteiger partial charge in [0.25, 0.3) is 0 Å². The third-order valence-electron chi connectivity index (χ3n) is 3.13. The smallest absolute Gasteiger partial charge is 0.220 e. The number of ether oxygens (including phenoxy) is 1. The van der Waals surface area contributed by atoms with E-state index in [1.54, 1.807) is 6.07 Å². The molecule has 1 unspecified atom stereocenters. The van der Waals surface area contributed by atoms with Gasteiger partial charge in [0, 0.05) is 24.9 Å². The number of hydrogen-bond donors (Lipinski definition) is 1. The first-order valence-electron chi connectivity index (χ1n) is 6.25. The molecule has 0 spiro atoms. The number of benzene rings is 1. The van der Waals surface area contributed by atoms with Crippen LogP contribution in [0.4, 0.5) is 4.39 Å². The Labute approximate surface area is 106 Å². The first-order chi connectivity index (χ1) is 8.56. The first kappa shape index (κ1) is 12.9. The second-order valence-corrected chi connectivity index (χ2v) is 5.02. The summed E-state index contributed by atoms with van der Waals surface area (Å²) in [6, 6.07) is 4.62. The highest BCUT2D eigenvalue weighted by Gasteiger charge is 2.22. The van der Waals surface area contributed by atoms with Crippen LogP contribution < -0.4 is 10.1 Å². The normalized spacial score (nSPS) is 19.1. The fourth-order valence-electron chi connectivity index (χ4n) is 2.10. The van der Waals surface area contributed by atoms with E-state index in [2.05, 4.69) is 5.32 Å². The third kappa shape index (κ3) is 3.00. The highest BCUT2D eigenvalue weighted by molar-refractivity contribution is 5.78. The second kappa shape index (κ2) is 5.38. The van der Waals surface area contributed by atoms with Gasteiger partial charge in [-0.05, 0) is 17.5 Å². The Morgan fingerprint density at radius 3 is 2.89 bits per heavy atom. The van der Waals surface area contributed by atoms with Crippen LogP contribution in [0.1, 0.15) is 31.7 Å². The monoisotopic (exact) mass is 251 g/mol. The predicted molar refractivity (Wildman–Crippen MR) is 67.1 cm³/mol. The third-order valence-corrected chi connectivity index (χ3v) is 3.13. The molecule has 0 bridgehead atoms. The van der Waals surface area contributed by atoms with Crippen LogP contribution >= 0.6 is 0 Å². The van der Waals surface area contributed by atoms with Gasteiger partial charge in [0.15, 0.2) is 0 Å². The van der Waals surface area contributed by atoms with Crippen LogP contribution in [0.5, 0.6) is 5.75 Å². The Hall–Kier alpha value is -1.58. The lowest BCUT2D eigenvalue weighted by Crippen LogP contribution is -2.17. The Balaban J connectivity index is 2.03. The molecular weight excluding hydrogens is 233 g/mol. The largest absolute Gasteiger partial charge is 0.493 e. The number of halogens is 1. The number of hydrogen-bond acceptors (Lipinski definition) is 2. The molecule has 0 radical (unpaired) electrons.